The van der Waals surface area contributed by atoms with E-state index in [0.717, 1.165) is 6.07 Å². The molecule has 13 heavy (non-hydrogen) atoms. The molecule has 0 aliphatic heterocycles. The van der Waals surface area contributed by atoms with Gasteiger partial charge in [-0.1, -0.05) is 18.5 Å². The Morgan fingerprint density at radius 1 is 1.69 bits per heavy atom. The van der Waals surface area contributed by atoms with Gasteiger partial charge >= 0.3 is 0 Å². The minimum absolute atomic E-state index is 0.126. The molecule has 1 aromatic rings. The third-order valence-electron chi connectivity index (χ3n) is 1.39. The van der Waals surface area contributed by atoms with Crippen LogP contribution in [0.3, 0.4) is 0 Å². The van der Waals surface area contributed by atoms with Crippen LogP contribution in [0.1, 0.15) is 13.3 Å². The zero-order chi connectivity index (χ0) is 9.84. The van der Waals surface area contributed by atoms with Crippen LogP contribution in [-0.4, -0.2) is 10.9 Å². The van der Waals surface area contributed by atoms with Gasteiger partial charge in [-0.05, 0) is 12.1 Å². The summed E-state index contributed by atoms with van der Waals surface area (Å²) in [5, 5.41) is 2.44. The van der Waals surface area contributed by atoms with E-state index in [9.17, 15) is 9.18 Å². The molecule has 1 aromatic heterocycles. The van der Waals surface area contributed by atoms with Crippen LogP contribution >= 0.6 is 11.6 Å². The van der Waals surface area contributed by atoms with Gasteiger partial charge in [0.15, 0.2) is 11.6 Å². The summed E-state index contributed by atoms with van der Waals surface area (Å²) in [7, 11) is 0. The molecule has 0 bridgehead atoms. The summed E-state index contributed by atoms with van der Waals surface area (Å²) in [5.41, 5.74) is 0. The number of carbonyl (C=O) groups excluding carboxylic acids is 1. The fourth-order valence-electron chi connectivity index (χ4n) is 0.726. The Morgan fingerprint density at radius 2 is 2.38 bits per heavy atom. The summed E-state index contributed by atoms with van der Waals surface area (Å²) >= 11 is 5.51. The van der Waals surface area contributed by atoms with Gasteiger partial charge < -0.3 is 5.32 Å². The average molecular weight is 203 g/mol. The number of nitrogens with zero attached hydrogens (tertiary/aromatic N) is 1. The highest BCUT2D eigenvalue weighted by Gasteiger charge is 2.06. The summed E-state index contributed by atoms with van der Waals surface area (Å²) in [6.07, 6.45) is 0.271. The minimum atomic E-state index is -0.591. The largest absolute Gasteiger partial charge is 0.308 e. The number of aromatic nitrogens is 1. The summed E-state index contributed by atoms with van der Waals surface area (Å²) in [6.45, 7) is 1.66. The molecule has 1 N–H and O–H groups in total. The molecule has 0 radical (unpaired) electrons. The van der Waals surface area contributed by atoms with Gasteiger partial charge in [-0.15, -0.1) is 0 Å². The lowest BCUT2D eigenvalue weighted by Crippen LogP contribution is -2.12. The Kier molecular flexibility index (Phi) is 3.19. The van der Waals surface area contributed by atoms with Crippen molar-refractivity contribution in [2.75, 3.05) is 5.32 Å². The molecule has 1 heterocycles. The van der Waals surface area contributed by atoms with Crippen molar-refractivity contribution < 1.29 is 9.18 Å². The smallest absolute Gasteiger partial charge is 0.225 e. The zero-order valence-electron chi connectivity index (χ0n) is 6.97. The standard InChI is InChI=1S/C8H8ClFN2O/c1-2-7(13)12-8-5(10)3-4-6(9)11-8/h3-4H,2H2,1H3,(H,11,12,13). The van der Waals surface area contributed by atoms with E-state index in [0.29, 0.717) is 0 Å². The molecule has 3 nitrogen and oxygen atoms in total. The van der Waals surface area contributed by atoms with E-state index in [2.05, 4.69) is 10.3 Å². The molecule has 0 unspecified atom stereocenters. The lowest BCUT2D eigenvalue weighted by atomic mass is 10.4. The number of nitrogens with one attached hydrogen (secondary N) is 1. The van der Waals surface area contributed by atoms with Crippen molar-refractivity contribution in [3.05, 3.63) is 23.1 Å². The first-order valence-electron chi connectivity index (χ1n) is 3.75. The average Bonchev–Trinajstić information content (AvgIpc) is 2.11. The molecule has 70 valence electrons. The number of hydrogen-bond acceptors (Lipinski definition) is 2. The number of halogens is 2. The summed E-state index contributed by atoms with van der Waals surface area (Å²) in [5.74, 6) is -1.01. The van der Waals surface area contributed by atoms with Crippen LogP contribution in [0.15, 0.2) is 12.1 Å². The van der Waals surface area contributed by atoms with Gasteiger partial charge in [-0.25, -0.2) is 9.37 Å². The highest BCUT2D eigenvalue weighted by molar-refractivity contribution is 6.29. The zero-order valence-corrected chi connectivity index (χ0v) is 7.73. The van der Waals surface area contributed by atoms with Gasteiger partial charge in [0.25, 0.3) is 0 Å². The summed E-state index contributed by atoms with van der Waals surface area (Å²) in [4.78, 5) is 14.5. The fourth-order valence-corrected chi connectivity index (χ4v) is 0.874. The van der Waals surface area contributed by atoms with Crippen LogP contribution in [0.4, 0.5) is 10.2 Å². The number of anilines is 1. The van der Waals surface area contributed by atoms with Crippen LogP contribution in [0.25, 0.3) is 0 Å². The van der Waals surface area contributed by atoms with Gasteiger partial charge in [-0.3, -0.25) is 4.79 Å². The molecule has 0 aliphatic rings. The predicted molar refractivity (Wildman–Crippen MR) is 48.1 cm³/mol. The first-order valence-corrected chi connectivity index (χ1v) is 4.13. The number of rotatable bonds is 2. The molecular formula is C8H8ClFN2O. The lowest BCUT2D eigenvalue weighted by Gasteiger charge is -2.03. The van der Waals surface area contributed by atoms with Gasteiger partial charge in [0.2, 0.25) is 5.91 Å². The fraction of sp³-hybridized carbons (Fsp3) is 0.250. The first kappa shape index (κ1) is 9.92. The quantitative estimate of drug-likeness (QED) is 0.748. The van der Waals surface area contributed by atoms with Gasteiger partial charge in [0.1, 0.15) is 5.15 Å². The van der Waals surface area contributed by atoms with Crippen molar-refractivity contribution in [2.45, 2.75) is 13.3 Å². The Balaban J connectivity index is 2.87. The number of carbonyl (C=O) groups is 1. The van der Waals surface area contributed by atoms with Gasteiger partial charge in [-0.2, -0.15) is 0 Å². The molecule has 0 atom stereocenters. The third-order valence-corrected chi connectivity index (χ3v) is 1.60. The summed E-state index contributed by atoms with van der Waals surface area (Å²) in [6, 6.07) is 2.47. The van der Waals surface area contributed by atoms with E-state index in [1.54, 1.807) is 6.92 Å². The van der Waals surface area contributed by atoms with E-state index in [1.807, 2.05) is 0 Å². The Labute approximate surface area is 79.9 Å². The van der Waals surface area contributed by atoms with Crippen molar-refractivity contribution in [1.29, 1.82) is 0 Å². The Bertz CT molecular complexity index is 330. The highest BCUT2D eigenvalue weighted by Crippen LogP contribution is 2.14. The topological polar surface area (TPSA) is 42.0 Å². The van der Waals surface area contributed by atoms with E-state index < -0.39 is 5.82 Å². The molecule has 0 aliphatic carbocycles. The van der Waals surface area contributed by atoms with Crippen LogP contribution < -0.4 is 5.32 Å². The van der Waals surface area contributed by atoms with Crippen molar-refractivity contribution >= 4 is 23.3 Å². The van der Waals surface area contributed by atoms with Crippen LogP contribution in [-0.2, 0) is 4.79 Å². The molecule has 1 rings (SSSR count). The van der Waals surface area contributed by atoms with Crippen LogP contribution in [0.2, 0.25) is 5.15 Å². The predicted octanol–water partition coefficient (Wildman–Crippen LogP) is 2.22. The van der Waals surface area contributed by atoms with Crippen molar-refractivity contribution in [3.8, 4) is 0 Å². The lowest BCUT2D eigenvalue weighted by molar-refractivity contribution is -0.115. The molecule has 0 aromatic carbocycles. The number of hydrogen-bond donors (Lipinski definition) is 1. The third kappa shape index (κ3) is 2.66. The van der Waals surface area contributed by atoms with Crippen LogP contribution in [0.5, 0.6) is 0 Å². The molecule has 0 spiro atoms. The SMILES string of the molecule is CCC(=O)Nc1nc(Cl)ccc1F. The Morgan fingerprint density at radius 3 is 3.00 bits per heavy atom. The second kappa shape index (κ2) is 4.18. The van der Waals surface area contributed by atoms with Crippen LogP contribution in [0, 0.1) is 5.82 Å². The molecule has 0 saturated carbocycles. The maximum atomic E-state index is 12.9. The molecule has 0 saturated heterocycles. The maximum Gasteiger partial charge on any atom is 0.225 e. The molecular weight excluding hydrogens is 195 g/mol. The highest BCUT2D eigenvalue weighted by atomic mass is 35.5. The van der Waals surface area contributed by atoms with E-state index >= 15 is 0 Å². The van der Waals surface area contributed by atoms with Gasteiger partial charge in [0.05, 0.1) is 0 Å². The minimum Gasteiger partial charge on any atom is -0.308 e. The normalized spacial score (nSPS) is 9.77. The number of amides is 1. The maximum absolute atomic E-state index is 12.9. The van der Waals surface area contributed by atoms with E-state index in [-0.39, 0.29) is 23.3 Å². The van der Waals surface area contributed by atoms with Crippen molar-refractivity contribution in [1.82, 2.24) is 4.98 Å². The molecule has 1 amide bonds. The molecule has 5 heteroatoms. The first-order chi connectivity index (χ1) is 6.13. The van der Waals surface area contributed by atoms with E-state index in [1.165, 1.54) is 6.07 Å². The van der Waals surface area contributed by atoms with Gasteiger partial charge in [0, 0.05) is 6.42 Å². The second-order valence-electron chi connectivity index (χ2n) is 2.37. The second-order valence-corrected chi connectivity index (χ2v) is 2.75. The molecule has 0 fully saturated rings. The van der Waals surface area contributed by atoms with Crippen molar-refractivity contribution in [2.24, 2.45) is 0 Å². The number of pyridine rings is 1. The Hall–Kier alpha value is -1.16. The summed E-state index contributed by atoms with van der Waals surface area (Å²) < 4.78 is 12.9. The van der Waals surface area contributed by atoms with E-state index in [4.69, 9.17) is 11.6 Å². The monoisotopic (exact) mass is 202 g/mol. The van der Waals surface area contributed by atoms with Crippen molar-refractivity contribution in [3.63, 3.8) is 0 Å².